The van der Waals surface area contributed by atoms with E-state index in [0.717, 1.165) is 12.8 Å². The van der Waals surface area contributed by atoms with Crippen LogP contribution in [0.2, 0.25) is 0 Å². The van der Waals surface area contributed by atoms with Gasteiger partial charge in [-0.2, -0.15) is 0 Å². The Kier molecular flexibility index (Phi) is 4.61. The minimum Gasteiger partial charge on any atom is -0.380 e. The van der Waals surface area contributed by atoms with Crippen molar-refractivity contribution >= 4 is 0 Å². The van der Waals surface area contributed by atoms with Crippen LogP contribution >= 0.6 is 0 Å². The Morgan fingerprint density at radius 2 is 1.59 bits per heavy atom. The number of hydrogen-bond acceptors (Lipinski definition) is 3. The van der Waals surface area contributed by atoms with E-state index in [9.17, 15) is 0 Å². The molecule has 0 radical (unpaired) electrons. The second kappa shape index (κ2) is 5.25. The standard InChI is InChI=1S/C14H30N2O/c1-10(11(2)17-7)15-12-8-13(3,4)16-14(5,6)9-12/h10-12,15-16H,8-9H2,1-7H3. The molecule has 3 heteroatoms. The Morgan fingerprint density at radius 3 is 2.00 bits per heavy atom. The molecule has 1 heterocycles. The van der Waals surface area contributed by atoms with Crippen LogP contribution in [0.15, 0.2) is 0 Å². The average Bonchev–Trinajstić information content (AvgIpc) is 2.11. The van der Waals surface area contributed by atoms with Gasteiger partial charge < -0.3 is 15.4 Å². The van der Waals surface area contributed by atoms with Gasteiger partial charge in [0.15, 0.2) is 0 Å². The smallest absolute Gasteiger partial charge is 0.0693 e. The lowest BCUT2D eigenvalue weighted by atomic mass is 9.79. The first-order valence-electron chi connectivity index (χ1n) is 6.73. The highest BCUT2D eigenvalue weighted by Gasteiger charge is 2.38. The van der Waals surface area contributed by atoms with Crippen molar-refractivity contribution in [3.8, 4) is 0 Å². The zero-order chi connectivity index (χ0) is 13.3. The summed E-state index contributed by atoms with van der Waals surface area (Å²) in [6, 6.07) is 0.962. The minimum atomic E-state index is 0.204. The largest absolute Gasteiger partial charge is 0.380 e. The average molecular weight is 242 g/mol. The van der Waals surface area contributed by atoms with Gasteiger partial charge in [0.2, 0.25) is 0 Å². The Bertz CT molecular complexity index is 235. The van der Waals surface area contributed by atoms with Gasteiger partial charge in [0, 0.05) is 30.3 Å². The number of rotatable bonds is 4. The van der Waals surface area contributed by atoms with Crippen molar-refractivity contribution < 1.29 is 4.74 Å². The first-order chi connectivity index (χ1) is 7.65. The van der Waals surface area contributed by atoms with Crippen LogP contribution in [-0.4, -0.2) is 36.4 Å². The monoisotopic (exact) mass is 242 g/mol. The molecular formula is C14H30N2O. The van der Waals surface area contributed by atoms with Gasteiger partial charge in [0.25, 0.3) is 0 Å². The topological polar surface area (TPSA) is 33.3 Å². The quantitative estimate of drug-likeness (QED) is 0.793. The predicted octanol–water partition coefficient (Wildman–Crippen LogP) is 2.31. The fourth-order valence-corrected chi connectivity index (χ4v) is 3.15. The third-order valence-corrected chi connectivity index (χ3v) is 3.76. The van der Waals surface area contributed by atoms with Gasteiger partial charge in [-0.25, -0.2) is 0 Å². The number of hydrogen-bond donors (Lipinski definition) is 2. The van der Waals surface area contributed by atoms with E-state index in [4.69, 9.17) is 4.74 Å². The molecule has 2 unspecified atom stereocenters. The lowest BCUT2D eigenvalue weighted by molar-refractivity contribution is 0.0699. The normalized spacial score (nSPS) is 27.7. The van der Waals surface area contributed by atoms with Crippen molar-refractivity contribution in [2.45, 2.75) is 83.6 Å². The molecular weight excluding hydrogens is 212 g/mol. The molecule has 0 bridgehead atoms. The summed E-state index contributed by atoms with van der Waals surface area (Å²) in [5, 5.41) is 7.42. The molecule has 0 saturated carbocycles. The highest BCUT2D eigenvalue weighted by molar-refractivity contribution is 5.00. The Hall–Kier alpha value is -0.120. The number of ether oxygens (including phenoxy) is 1. The zero-order valence-corrected chi connectivity index (χ0v) is 12.6. The Morgan fingerprint density at radius 1 is 1.12 bits per heavy atom. The molecule has 0 aromatic heterocycles. The molecule has 3 nitrogen and oxygen atoms in total. The van der Waals surface area contributed by atoms with Crippen molar-refractivity contribution in [2.24, 2.45) is 0 Å². The van der Waals surface area contributed by atoms with Crippen molar-refractivity contribution in [1.82, 2.24) is 10.6 Å². The summed E-state index contributed by atoms with van der Waals surface area (Å²) in [5.41, 5.74) is 0.408. The van der Waals surface area contributed by atoms with E-state index in [0.29, 0.717) is 12.1 Å². The van der Waals surface area contributed by atoms with E-state index in [2.05, 4.69) is 52.2 Å². The van der Waals surface area contributed by atoms with Crippen LogP contribution in [0, 0.1) is 0 Å². The maximum atomic E-state index is 5.38. The fourth-order valence-electron chi connectivity index (χ4n) is 3.15. The Balaban J connectivity index is 2.59. The summed E-state index contributed by atoms with van der Waals surface area (Å²) >= 11 is 0. The van der Waals surface area contributed by atoms with Gasteiger partial charge in [-0.1, -0.05) is 0 Å². The lowest BCUT2D eigenvalue weighted by Gasteiger charge is -2.47. The van der Waals surface area contributed by atoms with Crippen LogP contribution in [0.5, 0.6) is 0 Å². The summed E-state index contributed by atoms with van der Waals surface area (Å²) in [4.78, 5) is 0. The summed E-state index contributed by atoms with van der Waals surface area (Å²) < 4.78 is 5.38. The van der Waals surface area contributed by atoms with Crippen LogP contribution in [-0.2, 0) is 4.74 Å². The third kappa shape index (κ3) is 4.57. The summed E-state index contributed by atoms with van der Waals surface area (Å²) in [7, 11) is 1.78. The first-order valence-corrected chi connectivity index (χ1v) is 6.73. The van der Waals surface area contributed by atoms with Crippen LogP contribution in [0.4, 0.5) is 0 Å². The molecule has 0 spiro atoms. The second-order valence-corrected chi connectivity index (χ2v) is 6.89. The molecule has 1 saturated heterocycles. The molecule has 1 aliphatic rings. The molecule has 0 aromatic rings. The minimum absolute atomic E-state index is 0.204. The third-order valence-electron chi connectivity index (χ3n) is 3.76. The second-order valence-electron chi connectivity index (χ2n) is 6.89. The molecule has 2 N–H and O–H groups in total. The van der Waals surface area contributed by atoms with E-state index in [-0.39, 0.29) is 17.2 Å². The summed E-state index contributed by atoms with van der Waals surface area (Å²) in [6.07, 6.45) is 2.59. The van der Waals surface area contributed by atoms with Crippen molar-refractivity contribution in [2.75, 3.05) is 7.11 Å². The molecule has 17 heavy (non-hydrogen) atoms. The summed E-state index contributed by atoms with van der Waals surface area (Å²) in [6.45, 7) is 13.5. The van der Waals surface area contributed by atoms with Crippen LogP contribution < -0.4 is 10.6 Å². The van der Waals surface area contributed by atoms with Crippen molar-refractivity contribution in [3.63, 3.8) is 0 Å². The molecule has 2 atom stereocenters. The SMILES string of the molecule is COC(C)C(C)NC1CC(C)(C)NC(C)(C)C1. The maximum Gasteiger partial charge on any atom is 0.0693 e. The number of methoxy groups -OCH3 is 1. The van der Waals surface area contributed by atoms with E-state index in [1.807, 2.05) is 0 Å². The molecule has 0 aliphatic carbocycles. The van der Waals surface area contributed by atoms with E-state index in [1.54, 1.807) is 7.11 Å². The van der Waals surface area contributed by atoms with Gasteiger partial charge in [-0.05, 0) is 54.4 Å². The van der Waals surface area contributed by atoms with Gasteiger partial charge in [-0.3, -0.25) is 0 Å². The van der Waals surface area contributed by atoms with Crippen molar-refractivity contribution in [1.29, 1.82) is 0 Å². The highest BCUT2D eigenvalue weighted by Crippen LogP contribution is 2.28. The van der Waals surface area contributed by atoms with Gasteiger partial charge >= 0.3 is 0 Å². The molecule has 1 fully saturated rings. The van der Waals surface area contributed by atoms with E-state index in [1.165, 1.54) is 0 Å². The van der Waals surface area contributed by atoms with E-state index < -0.39 is 0 Å². The van der Waals surface area contributed by atoms with Gasteiger partial charge in [0.05, 0.1) is 6.10 Å². The molecule has 1 rings (SSSR count). The van der Waals surface area contributed by atoms with E-state index >= 15 is 0 Å². The maximum absolute atomic E-state index is 5.38. The molecule has 102 valence electrons. The molecule has 1 aliphatic heterocycles. The van der Waals surface area contributed by atoms with Gasteiger partial charge in [0.1, 0.15) is 0 Å². The Labute approximate surface area is 107 Å². The van der Waals surface area contributed by atoms with Crippen LogP contribution in [0.3, 0.4) is 0 Å². The highest BCUT2D eigenvalue weighted by atomic mass is 16.5. The number of piperidine rings is 1. The van der Waals surface area contributed by atoms with Crippen LogP contribution in [0.1, 0.15) is 54.4 Å². The first kappa shape index (κ1) is 14.9. The molecule has 0 amide bonds. The lowest BCUT2D eigenvalue weighted by Crippen LogP contribution is -2.63. The predicted molar refractivity (Wildman–Crippen MR) is 73.4 cm³/mol. The van der Waals surface area contributed by atoms with Crippen molar-refractivity contribution in [3.05, 3.63) is 0 Å². The zero-order valence-electron chi connectivity index (χ0n) is 12.6. The summed E-state index contributed by atoms with van der Waals surface area (Å²) in [5.74, 6) is 0. The van der Waals surface area contributed by atoms with Gasteiger partial charge in [-0.15, -0.1) is 0 Å². The fraction of sp³-hybridized carbons (Fsp3) is 1.00. The number of nitrogens with one attached hydrogen (secondary N) is 2. The van der Waals surface area contributed by atoms with Crippen LogP contribution in [0.25, 0.3) is 0 Å². The molecule has 0 aromatic carbocycles.